The number of rotatable bonds is 1. The van der Waals surface area contributed by atoms with Crippen LogP contribution >= 0.6 is 23.2 Å². The fourth-order valence-corrected chi connectivity index (χ4v) is 2.37. The van der Waals surface area contributed by atoms with Gasteiger partial charge in [0.2, 0.25) is 0 Å². The lowest BCUT2D eigenvalue weighted by molar-refractivity contribution is 0.100. The van der Waals surface area contributed by atoms with E-state index in [1.54, 1.807) is 30.3 Å². The van der Waals surface area contributed by atoms with Crippen LogP contribution in [0.3, 0.4) is 0 Å². The molecular weight excluding hydrogens is 295 g/mol. The van der Waals surface area contributed by atoms with E-state index in [4.69, 9.17) is 27.9 Å². The highest BCUT2D eigenvalue weighted by Crippen LogP contribution is 2.30. The summed E-state index contributed by atoms with van der Waals surface area (Å²) in [7, 11) is 0. The minimum absolute atomic E-state index is 0.0521. The van der Waals surface area contributed by atoms with Crippen LogP contribution in [0, 0.1) is 0 Å². The summed E-state index contributed by atoms with van der Waals surface area (Å²) in [5.74, 6) is 0.524. The Bertz CT molecular complexity index is 703. The molecule has 0 atom stereocenters. The zero-order valence-corrected chi connectivity index (χ0v) is 11.9. The van der Waals surface area contributed by atoms with Gasteiger partial charge in [0.05, 0.1) is 5.56 Å². The monoisotopic (exact) mass is 304 g/mol. The second-order valence-electron chi connectivity index (χ2n) is 4.48. The number of carbonyl (C=O) groups is 1. The summed E-state index contributed by atoms with van der Waals surface area (Å²) in [6.07, 6.45) is 1.81. The van der Waals surface area contributed by atoms with Crippen molar-refractivity contribution in [2.24, 2.45) is 0 Å². The lowest BCUT2D eigenvalue weighted by Gasteiger charge is -2.18. The predicted molar refractivity (Wildman–Crippen MR) is 80.7 cm³/mol. The number of benzene rings is 2. The fourth-order valence-electron chi connectivity index (χ4n) is 2.07. The highest BCUT2D eigenvalue weighted by molar-refractivity contribution is 6.31. The molecule has 0 bridgehead atoms. The van der Waals surface area contributed by atoms with Crippen molar-refractivity contribution >= 4 is 35.1 Å². The fraction of sp³-hybridized carbons (Fsp3) is 0.0625. The topological polar surface area (TPSA) is 26.3 Å². The van der Waals surface area contributed by atoms with Crippen LogP contribution in [0.1, 0.15) is 15.9 Å². The average Bonchev–Trinajstić information content (AvgIpc) is 2.45. The molecule has 3 rings (SSSR count). The third-order valence-electron chi connectivity index (χ3n) is 3.07. The number of hydrogen-bond donors (Lipinski definition) is 0. The maximum Gasteiger partial charge on any atom is 0.196 e. The second-order valence-corrected chi connectivity index (χ2v) is 5.35. The molecule has 0 radical (unpaired) electrons. The molecular formula is C16H10Cl2O2. The van der Waals surface area contributed by atoms with E-state index in [2.05, 4.69) is 0 Å². The highest BCUT2D eigenvalue weighted by atomic mass is 35.5. The Morgan fingerprint density at radius 1 is 1.00 bits per heavy atom. The van der Waals surface area contributed by atoms with Crippen molar-refractivity contribution in [1.82, 2.24) is 0 Å². The van der Waals surface area contributed by atoms with Gasteiger partial charge < -0.3 is 4.74 Å². The van der Waals surface area contributed by atoms with Gasteiger partial charge in [0.1, 0.15) is 12.4 Å². The molecule has 0 spiro atoms. The Labute approximate surface area is 126 Å². The molecule has 0 aliphatic carbocycles. The number of ether oxygens (including phenoxy) is 1. The smallest absolute Gasteiger partial charge is 0.196 e. The van der Waals surface area contributed by atoms with Gasteiger partial charge in [-0.3, -0.25) is 4.79 Å². The van der Waals surface area contributed by atoms with Gasteiger partial charge in [-0.2, -0.15) is 0 Å². The molecule has 2 aromatic carbocycles. The van der Waals surface area contributed by atoms with Crippen LogP contribution in [0.25, 0.3) is 6.08 Å². The van der Waals surface area contributed by atoms with Crippen LogP contribution in [-0.2, 0) is 0 Å². The third-order valence-corrected chi connectivity index (χ3v) is 3.56. The first kappa shape index (κ1) is 13.2. The lowest BCUT2D eigenvalue weighted by Crippen LogP contribution is -2.18. The molecule has 20 heavy (non-hydrogen) atoms. The summed E-state index contributed by atoms with van der Waals surface area (Å²) >= 11 is 11.8. The van der Waals surface area contributed by atoms with E-state index in [9.17, 15) is 4.79 Å². The van der Waals surface area contributed by atoms with Crippen LogP contribution in [-0.4, -0.2) is 12.4 Å². The first-order valence-electron chi connectivity index (χ1n) is 6.07. The Morgan fingerprint density at radius 2 is 1.70 bits per heavy atom. The molecule has 1 aliphatic heterocycles. The number of halogens is 2. The number of hydrogen-bond acceptors (Lipinski definition) is 2. The van der Waals surface area contributed by atoms with Crippen molar-refractivity contribution in [3.8, 4) is 5.75 Å². The Balaban J connectivity index is 1.97. The maximum atomic E-state index is 12.4. The summed E-state index contributed by atoms with van der Waals surface area (Å²) < 4.78 is 5.58. The molecule has 0 fully saturated rings. The van der Waals surface area contributed by atoms with Crippen molar-refractivity contribution in [3.05, 3.63) is 69.2 Å². The van der Waals surface area contributed by atoms with E-state index in [-0.39, 0.29) is 12.4 Å². The molecule has 100 valence electrons. The zero-order chi connectivity index (χ0) is 14.1. The summed E-state index contributed by atoms with van der Waals surface area (Å²) in [6, 6.07) is 12.3. The maximum absolute atomic E-state index is 12.4. The third kappa shape index (κ3) is 2.58. The first-order chi connectivity index (χ1) is 9.63. The Morgan fingerprint density at radius 3 is 2.45 bits per heavy atom. The van der Waals surface area contributed by atoms with Crippen LogP contribution in [0.5, 0.6) is 5.75 Å². The van der Waals surface area contributed by atoms with Gasteiger partial charge in [-0.05, 0) is 42.0 Å². The molecule has 0 amide bonds. The molecule has 1 heterocycles. The van der Waals surface area contributed by atoms with Crippen molar-refractivity contribution in [3.63, 3.8) is 0 Å². The summed E-state index contributed by atoms with van der Waals surface area (Å²) in [5, 5.41) is 1.18. The van der Waals surface area contributed by atoms with Gasteiger partial charge in [-0.15, -0.1) is 0 Å². The normalized spacial score (nSPS) is 15.9. The molecule has 1 aliphatic rings. The Hall–Kier alpha value is -1.77. The lowest BCUT2D eigenvalue weighted by atomic mass is 9.98. The SMILES string of the molecule is O=C1/C(=C/c2ccc(Cl)cc2)COc2ccc(Cl)cc21. The van der Waals surface area contributed by atoms with Crippen molar-refractivity contribution in [2.45, 2.75) is 0 Å². The number of carbonyl (C=O) groups excluding carboxylic acids is 1. The quantitative estimate of drug-likeness (QED) is 0.717. The van der Waals surface area contributed by atoms with Crippen LogP contribution in [0.2, 0.25) is 10.0 Å². The minimum Gasteiger partial charge on any atom is -0.488 e. The summed E-state index contributed by atoms with van der Waals surface area (Å²) in [5.41, 5.74) is 2.01. The second kappa shape index (κ2) is 5.31. The van der Waals surface area contributed by atoms with E-state index in [1.807, 2.05) is 18.2 Å². The number of Topliss-reactive ketones (excluding diaryl/α,β-unsaturated/α-hetero) is 1. The summed E-state index contributed by atoms with van der Waals surface area (Å²) in [4.78, 5) is 12.4. The number of ketones is 1. The Kier molecular flexibility index (Phi) is 3.51. The van der Waals surface area contributed by atoms with Gasteiger partial charge in [-0.25, -0.2) is 0 Å². The standard InChI is InChI=1S/C16H10Cl2O2/c17-12-3-1-10(2-4-12)7-11-9-20-15-6-5-13(18)8-14(15)16(11)19/h1-8H,9H2/b11-7+. The van der Waals surface area contributed by atoms with Gasteiger partial charge in [0, 0.05) is 15.6 Å². The van der Waals surface area contributed by atoms with Crippen LogP contribution in [0.15, 0.2) is 48.0 Å². The molecule has 0 N–H and O–H groups in total. The van der Waals surface area contributed by atoms with E-state index >= 15 is 0 Å². The largest absolute Gasteiger partial charge is 0.488 e. The molecule has 0 saturated heterocycles. The first-order valence-corrected chi connectivity index (χ1v) is 6.82. The molecule has 2 aromatic rings. The van der Waals surface area contributed by atoms with Crippen molar-refractivity contribution in [2.75, 3.05) is 6.61 Å². The van der Waals surface area contributed by atoms with E-state index in [1.165, 1.54) is 0 Å². The molecule has 0 aromatic heterocycles. The zero-order valence-electron chi connectivity index (χ0n) is 10.4. The van der Waals surface area contributed by atoms with Crippen LogP contribution < -0.4 is 4.74 Å². The molecule has 0 unspecified atom stereocenters. The average molecular weight is 305 g/mol. The van der Waals surface area contributed by atoms with Gasteiger partial charge in [0.25, 0.3) is 0 Å². The highest BCUT2D eigenvalue weighted by Gasteiger charge is 2.23. The molecule has 0 saturated carbocycles. The number of fused-ring (bicyclic) bond motifs is 1. The van der Waals surface area contributed by atoms with Crippen molar-refractivity contribution < 1.29 is 9.53 Å². The van der Waals surface area contributed by atoms with Gasteiger partial charge in [-0.1, -0.05) is 35.3 Å². The molecule has 4 heteroatoms. The van der Waals surface area contributed by atoms with Gasteiger partial charge >= 0.3 is 0 Å². The van der Waals surface area contributed by atoms with Gasteiger partial charge in [0.15, 0.2) is 5.78 Å². The van der Waals surface area contributed by atoms with Crippen molar-refractivity contribution in [1.29, 1.82) is 0 Å². The minimum atomic E-state index is -0.0521. The van der Waals surface area contributed by atoms with E-state index in [0.717, 1.165) is 5.56 Å². The van der Waals surface area contributed by atoms with E-state index < -0.39 is 0 Å². The molecule has 2 nitrogen and oxygen atoms in total. The van der Waals surface area contributed by atoms with Crippen LogP contribution in [0.4, 0.5) is 0 Å². The van der Waals surface area contributed by atoms with E-state index in [0.29, 0.717) is 26.9 Å². The summed E-state index contributed by atoms with van der Waals surface area (Å²) in [6.45, 7) is 0.260. The predicted octanol–water partition coefficient (Wildman–Crippen LogP) is 4.65.